The predicted molar refractivity (Wildman–Crippen MR) is 96.8 cm³/mol. The number of carbonyl (C=O) groups excluding carboxylic acids is 1. The molecule has 0 aliphatic heterocycles. The summed E-state index contributed by atoms with van der Waals surface area (Å²) in [5.41, 5.74) is 8.28. The maximum absolute atomic E-state index is 11.8. The first-order valence-electron chi connectivity index (χ1n) is 7.98. The van der Waals surface area contributed by atoms with Crippen LogP contribution in [0.3, 0.4) is 0 Å². The van der Waals surface area contributed by atoms with E-state index in [0.717, 1.165) is 23.5 Å². The van der Waals surface area contributed by atoms with Crippen molar-refractivity contribution in [2.45, 2.75) is 20.3 Å². The number of likely N-dealkylation sites (N-methyl/N-ethyl adjacent to an activating group) is 1. The van der Waals surface area contributed by atoms with Gasteiger partial charge in [0, 0.05) is 18.8 Å². The minimum Gasteiger partial charge on any atom is -0.367 e. The lowest BCUT2D eigenvalue weighted by molar-refractivity contribution is 0.0996. The van der Waals surface area contributed by atoms with E-state index in [9.17, 15) is 4.79 Å². The lowest BCUT2D eigenvalue weighted by atomic mass is 10.2. The van der Waals surface area contributed by atoms with Crippen molar-refractivity contribution >= 4 is 23.2 Å². The lowest BCUT2D eigenvalue weighted by Crippen LogP contribution is -2.22. The molecular weight excluding hydrogens is 304 g/mol. The first kappa shape index (κ1) is 17.7. The van der Waals surface area contributed by atoms with Gasteiger partial charge in [0.15, 0.2) is 11.5 Å². The van der Waals surface area contributed by atoms with Crippen molar-refractivity contribution in [1.82, 2.24) is 15.3 Å². The van der Waals surface area contributed by atoms with Crippen LogP contribution in [-0.2, 0) is 6.42 Å². The number of aromatic nitrogens is 2. The fourth-order valence-electron chi connectivity index (χ4n) is 2.28. The molecule has 7 nitrogen and oxygen atoms in total. The molecule has 0 bridgehead atoms. The molecule has 0 spiro atoms. The summed E-state index contributed by atoms with van der Waals surface area (Å²) in [6.07, 6.45) is 0.653. The molecule has 2 rings (SSSR count). The van der Waals surface area contributed by atoms with Gasteiger partial charge in [0.1, 0.15) is 5.82 Å². The number of aryl methyl sites for hydroxylation is 2. The summed E-state index contributed by atoms with van der Waals surface area (Å²) < 4.78 is 0. The molecule has 0 aliphatic rings. The quantitative estimate of drug-likeness (QED) is 0.551. The van der Waals surface area contributed by atoms with Gasteiger partial charge in [-0.15, -0.1) is 0 Å². The van der Waals surface area contributed by atoms with E-state index in [1.54, 1.807) is 0 Å². The standard InChI is InChI=1S/C17H24N6O/c1-4-13-16(20-9-8-19-3)23-17(14(22-13)15(18)24)21-12-7-5-6-11(2)10-12/h5-7,10,19H,4,8-9H2,1-3H3,(H2,18,24)(H2,20,21,23). The van der Waals surface area contributed by atoms with E-state index in [4.69, 9.17) is 5.73 Å². The van der Waals surface area contributed by atoms with Gasteiger partial charge in [0.25, 0.3) is 5.91 Å². The molecule has 0 saturated heterocycles. The Balaban J connectivity index is 2.39. The van der Waals surface area contributed by atoms with Crippen molar-refractivity contribution in [2.75, 3.05) is 30.8 Å². The Hall–Kier alpha value is -2.67. The van der Waals surface area contributed by atoms with Crippen molar-refractivity contribution < 1.29 is 4.79 Å². The van der Waals surface area contributed by atoms with Crippen LogP contribution in [0.15, 0.2) is 24.3 Å². The summed E-state index contributed by atoms with van der Waals surface area (Å²) in [5, 5.41) is 9.45. The van der Waals surface area contributed by atoms with E-state index in [0.29, 0.717) is 24.6 Å². The highest BCUT2D eigenvalue weighted by Crippen LogP contribution is 2.22. The van der Waals surface area contributed by atoms with Crippen molar-refractivity contribution in [2.24, 2.45) is 5.73 Å². The third-order valence-electron chi connectivity index (χ3n) is 3.48. The van der Waals surface area contributed by atoms with Crippen LogP contribution in [0.25, 0.3) is 0 Å². The summed E-state index contributed by atoms with van der Waals surface area (Å²) >= 11 is 0. The highest BCUT2D eigenvalue weighted by Gasteiger charge is 2.17. The van der Waals surface area contributed by atoms with Crippen LogP contribution in [0.4, 0.5) is 17.3 Å². The van der Waals surface area contributed by atoms with Gasteiger partial charge in [0.05, 0.1) is 5.69 Å². The molecule has 0 atom stereocenters. The Labute approximate surface area is 142 Å². The normalized spacial score (nSPS) is 10.5. The van der Waals surface area contributed by atoms with Crippen LogP contribution >= 0.6 is 0 Å². The number of carbonyl (C=O) groups is 1. The largest absolute Gasteiger partial charge is 0.367 e. The van der Waals surface area contributed by atoms with Crippen molar-refractivity contribution in [3.05, 3.63) is 41.2 Å². The van der Waals surface area contributed by atoms with Gasteiger partial charge in [-0.25, -0.2) is 9.97 Å². The maximum Gasteiger partial charge on any atom is 0.271 e. The molecule has 7 heteroatoms. The number of anilines is 3. The average Bonchev–Trinajstić information content (AvgIpc) is 2.55. The summed E-state index contributed by atoms with van der Waals surface area (Å²) in [5.74, 6) is 0.416. The molecule has 0 aliphatic carbocycles. The fraction of sp³-hybridized carbons (Fsp3) is 0.353. The second kappa shape index (κ2) is 8.26. The number of hydrogen-bond donors (Lipinski definition) is 4. The molecule has 1 aromatic heterocycles. The Morgan fingerprint density at radius 1 is 1.21 bits per heavy atom. The number of nitrogens with two attached hydrogens (primary N) is 1. The molecule has 1 heterocycles. The number of nitrogens with zero attached hydrogens (tertiary/aromatic N) is 2. The van der Waals surface area contributed by atoms with Crippen molar-refractivity contribution in [3.63, 3.8) is 0 Å². The zero-order chi connectivity index (χ0) is 17.5. The van der Waals surface area contributed by atoms with Gasteiger partial charge in [-0.3, -0.25) is 4.79 Å². The number of hydrogen-bond acceptors (Lipinski definition) is 6. The zero-order valence-electron chi connectivity index (χ0n) is 14.3. The van der Waals surface area contributed by atoms with Gasteiger partial charge in [-0.05, 0) is 38.1 Å². The summed E-state index contributed by atoms with van der Waals surface area (Å²) in [6, 6.07) is 7.80. The van der Waals surface area contributed by atoms with E-state index >= 15 is 0 Å². The third kappa shape index (κ3) is 4.42. The monoisotopic (exact) mass is 328 g/mol. The average molecular weight is 328 g/mol. The van der Waals surface area contributed by atoms with E-state index in [-0.39, 0.29) is 5.69 Å². The van der Waals surface area contributed by atoms with Gasteiger partial charge in [-0.1, -0.05) is 19.1 Å². The van der Waals surface area contributed by atoms with Gasteiger partial charge < -0.3 is 21.7 Å². The van der Waals surface area contributed by atoms with E-state index < -0.39 is 5.91 Å². The smallest absolute Gasteiger partial charge is 0.271 e. The molecule has 0 saturated carbocycles. The SMILES string of the molecule is CCc1nc(C(N)=O)c(Nc2cccc(C)c2)nc1NCCNC. The number of nitrogens with one attached hydrogen (secondary N) is 3. The summed E-state index contributed by atoms with van der Waals surface area (Å²) in [6.45, 7) is 5.46. The maximum atomic E-state index is 11.8. The molecule has 1 aromatic carbocycles. The first-order chi connectivity index (χ1) is 11.5. The second-order valence-electron chi connectivity index (χ2n) is 5.46. The Bertz CT molecular complexity index is 716. The minimum atomic E-state index is -0.603. The molecular formula is C17H24N6O. The molecule has 2 aromatic rings. The van der Waals surface area contributed by atoms with Crippen LogP contribution < -0.4 is 21.7 Å². The minimum absolute atomic E-state index is 0.146. The molecule has 5 N–H and O–H groups in total. The van der Waals surface area contributed by atoms with Crippen molar-refractivity contribution in [3.8, 4) is 0 Å². The fourth-order valence-corrected chi connectivity index (χ4v) is 2.28. The van der Waals surface area contributed by atoms with Crippen LogP contribution in [0, 0.1) is 6.92 Å². The van der Waals surface area contributed by atoms with E-state index in [1.807, 2.05) is 45.2 Å². The van der Waals surface area contributed by atoms with E-state index in [2.05, 4.69) is 25.9 Å². The first-order valence-corrected chi connectivity index (χ1v) is 7.98. The molecule has 0 fully saturated rings. The van der Waals surface area contributed by atoms with Crippen LogP contribution in [0.2, 0.25) is 0 Å². The predicted octanol–water partition coefficient (Wildman–Crippen LogP) is 1.82. The van der Waals surface area contributed by atoms with Gasteiger partial charge in [-0.2, -0.15) is 0 Å². The van der Waals surface area contributed by atoms with Crippen LogP contribution in [0.1, 0.15) is 28.7 Å². The third-order valence-corrected chi connectivity index (χ3v) is 3.48. The summed E-state index contributed by atoms with van der Waals surface area (Å²) in [4.78, 5) is 20.7. The Morgan fingerprint density at radius 2 is 2.00 bits per heavy atom. The molecule has 128 valence electrons. The molecule has 1 amide bonds. The van der Waals surface area contributed by atoms with Gasteiger partial charge in [0.2, 0.25) is 0 Å². The number of rotatable bonds is 8. The zero-order valence-corrected chi connectivity index (χ0v) is 14.3. The van der Waals surface area contributed by atoms with Gasteiger partial charge >= 0.3 is 0 Å². The highest BCUT2D eigenvalue weighted by atomic mass is 16.1. The Morgan fingerprint density at radius 3 is 2.62 bits per heavy atom. The molecule has 24 heavy (non-hydrogen) atoms. The van der Waals surface area contributed by atoms with Crippen LogP contribution in [-0.4, -0.2) is 36.0 Å². The highest BCUT2D eigenvalue weighted by molar-refractivity contribution is 5.96. The second-order valence-corrected chi connectivity index (χ2v) is 5.46. The molecule has 0 unspecified atom stereocenters. The summed E-state index contributed by atoms with van der Waals surface area (Å²) in [7, 11) is 1.88. The van der Waals surface area contributed by atoms with E-state index in [1.165, 1.54) is 0 Å². The number of benzene rings is 1. The molecule has 0 radical (unpaired) electrons. The number of primary amides is 1. The van der Waals surface area contributed by atoms with Crippen LogP contribution in [0.5, 0.6) is 0 Å². The lowest BCUT2D eigenvalue weighted by Gasteiger charge is -2.15. The Kier molecular flexibility index (Phi) is 6.08. The van der Waals surface area contributed by atoms with Crippen molar-refractivity contribution in [1.29, 1.82) is 0 Å². The number of amides is 1. The topological polar surface area (TPSA) is 105 Å².